The van der Waals surface area contributed by atoms with Gasteiger partial charge in [-0.3, -0.25) is 9.59 Å². The van der Waals surface area contributed by atoms with Crippen molar-refractivity contribution >= 4 is 38.3 Å². The van der Waals surface area contributed by atoms with Crippen LogP contribution < -0.4 is 4.90 Å². The van der Waals surface area contributed by atoms with E-state index in [0.29, 0.717) is 12.8 Å². The highest BCUT2D eigenvalue weighted by atomic mass is 32.2. The van der Waals surface area contributed by atoms with E-state index in [2.05, 4.69) is 0 Å². The Morgan fingerprint density at radius 3 is 2.24 bits per heavy atom. The number of sulfonamides is 1. The van der Waals surface area contributed by atoms with Crippen molar-refractivity contribution in [1.29, 1.82) is 0 Å². The zero-order valence-electron chi connectivity index (χ0n) is 17.9. The summed E-state index contributed by atoms with van der Waals surface area (Å²) in [4.78, 5) is 27.3. The van der Waals surface area contributed by atoms with Crippen LogP contribution in [0.15, 0.2) is 71.6 Å². The predicted molar refractivity (Wildman–Crippen MR) is 123 cm³/mol. The van der Waals surface area contributed by atoms with Gasteiger partial charge in [0.1, 0.15) is 11.9 Å². The molecule has 1 atom stereocenters. The summed E-state index contributed by atoms with van der Waals surface area (Å²) in [6, 6.07) is 16.0. The Labute approximate surface area is 191 Å². The molecule has 1 aliphatic heterocycles. The van der Waals surface area contributed by atoms with Crippen molar-refractivity contribution < 1.29 is 22.4 Å². The van der Waals surface area contributed by atoms with E-state index >= 15 is 0 Å². The molecule has 5 rings (SSSR count). The number of carbonyl (C=O) groups is 2. The maximum Gasteiger partial charge on any atom is 0.252 e. The van der Waals surface area contributed by atoms with Gasteiger partial charge in [0.05, 0.1) is 17.0 Å². The van der Waals surface area contributed by atoms with Gasteiger partial charge in [0, 0.05) is 6.04 Å². The molecule has 0 bridgehead atoms. The summed E-state index contributed by atoms with van der Waals surface area (Å²) in [6.45, 7) is 0. The first-order valence-corrected chi connectivity index (χ1v) is 12.4. The number of amides is 2. The number of carbonyl (C=O) groups excluding carboxylic acids is 2. The standard InChI is InChI=1S/C25H23FN2O4S/c26-19-10-12-20(13-11-19)27-24(29)16-23(25(27)30)28(21-7-3-4-8-21)33(31,32)22-14-9-17-5-1-2-6-18(17)15-22/h1-2,5-6,9-15,21,23H,3-4,7-8,16H2. The number of imide groups is 1. The molecule has 0 aromatic heterocycles. The predicted octanol–water partition coefficient (Wildman–Crippen LogP) is 4.24. The SMILES string of the molecule is O=C1CC(N(C2CCCC2)S(=O)(=O)c2ccc3ccccc3c2)C(=O)N1c1ccc(F)cc1. The molecule has 8 heteroatoms. The summed E-state index contributed by atoms with van der Waals surface area (Å²) in [7, 11) is -4.05. The molecule has 3 aromatic rings. The largest absolute Gasteiger partial charge is 0.274 e. The molecule has 1 unspecified atom stereocenters. The molecule has 0 N–H and O–H groups in total. The van der Waals surface area contributed by atoms with Gasteiger partial charge in [0.15, 0.2) is 0 Å². The monoisotopic (exact) mass is 466 g/mol. The van der Waals surface area contributed by atoms with Crippen LogP contribution >= 0.6 is 0 Å². The summed E-state index contributed by atoms with van der Waals surface area (Å²) in [6.07, 6.45) is 2.78. The van der Waals surface area contributed by atoms with Crippen molar-refractivity contribution in [2.24, 2.45) is 0 Å². The molecular formula is C25H23FN2O4S. The van der Waals surface area contributed by atoms with E-state index in [1.165, 1.54) is 28.6 Å². The van der Waals surface area contributed by atoms with E-state index in [1.54, 1.807) is 18.2 Å². The van der Waals surface area contributed by atoms with Crippen LogP contribution in [-0.2, 0) is 19.6 Å². The molecule has 170 valence electrons. The molecular weight excluding hydrogens is 443 g/mol. The van der Waals surface area contributed by atoms with Crippen LogP contribution in [0.1, 0.15) is 32.1 Å². The van der Waals surface area contributed by atoms with Crippen LogP contribution in [0.3, 0.4) is 0 Å². The number of anilines is 1. The summed E-state index contributed by atoms with van der Waals surface area (Å²) >= 11 is 0. The molecule has 3 aromatic carbocycles. The first kappa shape index (κ1) is 21.7. The minimum atomic E-state index is -4.05. The third-order valence-electron chi connectivity index (χ3n) is 6.50. The van der Waals surface area contributed by atoms with E-state index in [-0.39, 0.29) is 23.0 Å². The van der Waals surface area contributed by atoms with Crippen molar-refractivity contribution in [1.82, 2.24) is 4.31 Å². The molecule has 1 saturated carbocycles. The Morgan fingerprint density at radius 2 is 1.55 bits per heavy atom. The second-order valence-electron chi connectivity index (χ2n) is 8.55. The average molecular weight is 467 g/mol. The van der Waals surface area contributed by atoms with Crippen LogP contribution in [0.4, 0.5) is 10.1 Å². The van der Waals surface area contributed by atoms with Gasteiger partial charge in [-0.05, 0) is 60.0 Å². The lowest BCUT2D eigenvalue weighted by molar-refractivity contribution is -0.122. The first-order chi connectivity index (χ1) is 15.9. The van der Waals surface area contributed by atoms with E-state index in [9.17, 15) is 22.4 Å². The highest BCUT2D eigenvalue weighted by molar-refractivity contribution is 7.89. The fourth-order valence-corrected chi connectivity index (χ4v) is 6.77. The number of benzene rings is 3. The maximum atomic E-state index is 13.9. The van der Waals surface area contributed by atoms with E-state index in [4.69, 9.17) is 0 Å². The molecule has 33 heavy (non-hydrogen) atoms. The lowest BCUT2D eigenvalue weighted by Crippen LogP contribution is -2.49. The van der Waals surface area contributed by atoms with Gasteiger partial charge in [-0.15, -0.1) is 0 Å². The molecule has 1 saturated heterocycles. The molecule has 2 aliphatic rings. The van der Waals surface area contributed by atoms with Crippen molar-refractivity contribution in [3.8, 4) is 0 Å². The Balaban J connectivity index is 1.56. The fraction of sp³-hybridized carbons (Fsp3) is 0.280. The lowest BCUT2D eigenvalue weighted by atomic mass is 10.1. The quantitative estimate of drug-likeness (QED) is 0.527. The summed E-state index contributed by atoms with van der Waals surface area (Å²) in [5.74, 6) is -1.57. The number of hydrogen-bond acceptors (Lipinski definition) is 4. The highest BCUT2D eigenvalue weighted by Crippen LogP contribution is 2.36. The normalized spacial score (nSPS) is 19.8. The van der Waals surface area contributed by atoms with Gasteiger partial charge in [-0.2, -0.15) is 4.31 Å². The zero-order valence-corrected chi connectivity index (χ0v) is 18.7. The van der Waals surface area contributed by atoms with Crippen molar-refractivity contribution in [3.63, 3.8) is 0 Å². The number of halogens is 1. The molecule has 6 nitrogen and oxygen atoms in total. The first-order valence-electron chi connectivity index (χ1n) is 11.0. The van der Waals surface area contributed by atoms with Gasteiger partial charge in [-0.1, -0.05) is 43.2 Å². The summed E-state index contributed by atoms with van der Waals surface area (Å²) in [5.41, 5.74) is 0.239. The third kappa shape index (κ3) is 3.83. The van der Waals surface area contributed by atoms with Gasteiger partial charge < -0.3 is 0 Å². The Kier molecular flexibility index (Phi) is 5.50. The second kappa shape index (κ2) is 8.35. The number of hydrogen-bond donors (Lipinski definition) is 0. The van der Waals surface area contributed by atoms with Crippen LogP contribution in [0.2, 0.25) is 0 Å². The lowest BCUT2D eigenvalue weighted by Gasteiger charge is -2.32. The van der Waals surface area contributed by atoms with Crippen molar-refractivity contribution in [2.75, 3.05) is 4.90 Å². The highest BCUT2D eigenvalue weighted by Gasteiger charge is 2.49. The number of rotatable bonds is 5. The van der Waals surface area contributed by atoms with Gasteiger partial charge in [0.25, 0.3) is 5.91 Å². The Hall–Kier alpha value is -3.10. The Bertz CT molecular complexity index is 1330. The number of nitrogens with zero attached hydrogens (tertiary/aromatic N) is 2. The smallest absolute Gasteiger partial charge is 0.252 e. The average Bonchev–Trinajstić information content (AvgIpc) is 3.43. The van der Waals surface area contributed by atoms with Crippen LogP contribution in [0.25, 0.3) is 10.8 Å². The molecule has 0 spiro atoms. The second-order valence-corrected chi connectivity index (χ2v) is 10.4. The van der Waals surface area contributed by atoms with Crippen molar-refractivity contribution in [3.05, 3.63) is 72.5 Å². The topological polar surface area (TPSA) is 74.8 Å². The van der Waals surface area contributed by atoms with Crippen molar-refractivity contribution in [2.45, 2.75) is 49.1 Å². The van der Waals surface area contributed by atoms with Gasteiger partial charge in [0.2, 0.25) is 15.9 Å². The summed E-state index contributed by atoms with van der Waals surface area (Å²) < 4.78 is 42.4. The summed E-state index contributed by atoms with van der Waals surface area (Å²) in [5, 5.41) is 1.70. The van der Waals surface area contributed by atoms with Gasteiger partial charge in [-0.25, -0.2) is 17.7 Å². The minimum Gasteiger partial charge on any atom is -0.274 e. The fourth-order valence-electron chi connectivity index (χ4n) is 4.90. The molecule has 0 radical (unpaired) electrons. The maximum absolute atomic E-state index is 13.9. The van der Waals surface area contributed by atoms with Gasteiger partial charge >= 0.3 is 0 Å². The zero-order chi connectivity index (χ0) is 23.2. The molecule has 1 aliphatic carbocycles. The van der Waals surface area contributed by atoms with E-state index < -0.39 is 33.7 Å². The minimum absolute atomic E-state index is 0.105. The van der Waals surface area contributed by atoms with Crippen LogP contribution in [-0.4, -0.2) is 36.6 Å². The molecule has 1 heterocycles. The molecule has 2 fully saturated rings. The van der Waals surface area contributed by atoms with E-state index in [0.717, 1.165) is 28.5 Å². The van der Waals surface area contributed by atoms with Crippen LogP contribution in [0, 0.1) is 5.82 Å². The Morgan fingerprint density at radius 1 is 0.879 bits per heavy atom. The third-order valence-corrected chi connectivity index (χ3v) is 8.45. The van der Waals surface area contributed by atoms with Crippen LogP contribution in [0.5, 0.6) is 0 Å². The number of fused-ring (bicyclic) bond motifs is 1. The molecule has 2 amide bonds. The van der Waals surface area contributed by atoms with E-state index in [1.807, 2.05) is 24.3 Å².